The molecule has 2 aromatic rings. The SMILES string of the molecule is NNc1ncc([N+](=O)[O-])c2ccccc12. The molecular formula is C9H8N4O2. The zero-order valence-corrected chi connectivity index (χ0v) is 7.68. The Labute approximate surface area is 84.8 Å². The maximum absolute atomic E-state index is 10.7. The van der Waals surface area contributed by atoms with Crippen LogP contribution in [0.15, 0.2) is 30.5 Å². The molecular weight excluding hydrogens is 196 g/mol. The molecule has 0 aliphatic carbocycles. The molecule has 0 unspecified atom stereocenters. The van der Waals surface area contributed by atoms with Crippen molar-refractivity contribution < 1.29 is 4.92 Å². The van der Waals surface area contributed by atoms with Crippen LogP contribution in [0.2, 0.25) is 0 Å². The van der Waals surface area contributed by atoms with Crippen molar-refractivity contribution in [1.29, 1.82) is 0 Å². The van der Waals surface area contributed by atoms with Gasteiger partial charge in [0, 0.05) is 5.39 Å². The Bertz CT molecular complexity index is 527. The molecule has 15 heavy (non-hydrogen) atoms. The minimum Gasteiger partial charge on any atom is -0.308 e. The zero-order valence-electron chi connectivity index (χ0n) is 7.68. The number of fused-ring (bicyclic) bond motifs is 1. The maximum atomic E-state index is 10.7. The molecule has 0 bridgehead atoms. The van der Waals surface area contributed by atoms with Crippen LogP contribution in [0.5, 0.6) is 0 Å². The van der Waals surface area contributed by atoms with Crippen molar-refractivity contribution in [3.63, 3.8) is 0 Å². The Kier molecular flexibility index (Phi) is 2.18. The molecule has 0 amide bonds. The molecule has 0 saturated heterocycles. The number of nitrogens with one attached hydrogen (secondary N) is 1. The second kappa shape index (κ2) is 3.50. The number of hydrogen-bond acceptors (Lipinski definition) is 5. The number of rotatable bonds is 2. The molecule has 0 saturated carbocycles. The van der Waals surface area contributed by atoms with Crippen LogP contribution in [-0.2, 0) is 0 Å². The van der Waals surface area contributed by atoms with Crippen molar-refractivity contribution in [2.45, 2.75) is 0 Å². The van der Waals surface area contributed by atoms with Crippen LogP contribution in [0.4, 0.5) is 11.5 Å². The van der Waals surface area contributed by atoms with Crippen LogP contribution in [0.3, 0.4) is 0 Å². The maximum Gasteiger partial charge on any atom is 0.295 e. The molecule has 0 atom stereocenters. The third-order valence-corrected chi connectivity index (χ3v) is 2.11. The molecule has 0 fully saturated rings. The van der Waals surface area contributed by atoms with Gasteiger partial charge in [-0.1, -0.05) is 18.2 Å². The highest BCUT2D eigenvalue weighted by molar-refractivity contribution is 5.97. The number of nitrogens with zero attached hydrogens (tertiary/aromatic N) is 2. The van der Waals surface area contributed by atoms with Gasteiger partial charge < -0.3 is 5.43 Å². The number of pyridine rings is 1. The van der Waals surface area contributed by atoms with Crippen molar-refractivity contribution in [1.82, 2.24) is 4.98 Å². The van der Waals surface area contributed by atoms with Gasteiger partial charge in [0.25, 0.3) is 5.69 Å². The highest BCUT2D eigenvalue weighted by Crippen LogP contribution is 2.28. The topological polar surface area (TPSA) is 94.1 Å². The molecule has 76 valence electrons. The summed E-state index contributed by atoms with van der Waals surface area (Å²) in [7, 11) is 0. The van der Waals surface area contributed by atoms with Crippen LogP contribution in [-0.4, -0.2) is 9.91 Å². The number of nitrogen functional groups attached to an aromatic ring is 1. The summed E-state index contributed by atoms with van der Waals surface area (Å²) in [5.41, 5.74) is 2.38. The van der Waals surface area contributed by atoms with Gasteiger partial charge >= 0.3 is 0 Å². The number of nitro groups is 1. The van der Waals surface area contributed by atoms with Crippen LogP contribution in [0.1, 0.15) is 0 Å². The summed E-state index contributed by atoms with van der Waals surface area (Å²) in [5, 5.41) is 11.9. The fraction of sp³-hybridized carbons (Fsp3) is 0. The van der Waals surface area contributed by atoms with Crippen molar-refractivity contribution >= 4 is 22.3 Å². The first-order chi connectivity index (χ1) is 7.24. The second-order valence-corrected chi connectivity index (χ2v) is 2.94. The second-order valence-electron chi connectivity index (χ2n) is 2.94. The first kappa shape index (κ1) is 9.35. The first-order valence-corrected chi connectivity index (χ1v) is 4.23. The normalized spacial score (nSPS) is 10.2. The van der Waals surface area contributed by atoms with Gasteiger partial charge in [0.15, 0.2) is 0 Å². The van der Waals surface area contributed by atoms with E-state index in [2.05, 4.69) is 10.4 Å². The van der Waals surface area contributed by atoms with Crippen molar-refractivity contribution in [3.05, 3.63) is 40.6 Å². The monoisotopic (exact) mass is 204 g/mol. The quantitative estimate of drug-likeness (QED) is 0.438. The van der Waals surface area contributed by atoms with E-state index in [0.717, 1.165) is 0 Å². The van der Waals surface area contributed by atoms with E-state index in [4.69, 9.17) is 5.84 Å². The number of hydrogen-bond donors (Lipinski definition) is 2. The minimum absolute atomic E-state index is 0.0235. The zero-order chi connectivity index (χ0) is 10.8. The average Bonchev–Trinajstić information content (AvgIpc) is 2.27. The van der Waals surface area contributed by atoms with Crippen LogP contribution in [0.25, 0.3) is 10.8 Å². The van der Waals surface area contributed by atoms with E-state index in [-0.39, 0.29) is 5.69 Å². The Balaban J connectivity index is 2.83. The van der Waals surface area contributed by atoms with Gasteiger partial charge in [-0.15, -0.1) is 0 Å². The van der Waals surface area contributed by atoms with Crippen LogP contribution >= 0.6 is 0 Å². The Hall–Kier alpha value is -2.21. The number of anilines is 1. The van der Waals surface area contributed by atoms with Gasteiger partial charge in [-0.25, -0.2) is 10.8 Å². The van der Waals surface area contributed by atoms with E-state index in [1.165, 1.54) is 6.20 Å². The molecule has 0 spiro atoms. The molecule has 0 aliphatic heterocycles. The minimum atomic E-state index is -0.463. The number of aromatic nitrogens is 1. The molecule has 0 radical (unpaired) electrons. The molecule has 3 N–H and O–H groups in total. The molecule has 1 aromatic carbocycles. The lowest BCUT2D eigenvalue weighted by Gasteiger charge is -2.04. The lowest BCUT2D eigenvalue weighted by atomic mass is 10.1. The standard InChI is InChI=1S/C9H8N4O2/c10-12-9-7-4-2-1-3-6(7)8(5-11-9)13(14)15/h1-5H,10H2,(H,11,12). The molecule has 6 nitrogen and oxygen atoms in total. The molecule has 0 aliphatic rings. The first-order valence-electron chi connectivity index (χ1n) is 4.23. The Morgan fingerprint density at radius 2 is 2.00 bits per heavy atom. The molecule has 2 rings (SSSR count). The van der Waals surface area contributed by atoms with Crippen molar-refractivity contribution in [2.75, 3.05) is 5.43 Å². The third kappa shape index (κ3) is 1.46. The lowest BCUT2D eigenvalue weighted by molar-refractivity contribution is -0.383. The fourth-order valence-corrected chi connectivity index (χ4v) is 1.44. The predicted octanol–water partition coefficient (Wildman–Crippen LogP) is 1.43. The Morgan fingerprint density at radius 1 is 1.33 bits per heavy atom. The van der Waals surface area contributed by atoms with Gasteiger partial charge in [0.2, 0.25) is 0 Å². The van der Waals surface area contributed by atoms with Gasteiger partial charge in [0.1, 0.15) is 12.0 Å². The Morgan fingerprint density at radius 3 is 2.60 bits per heavy atom. The smallest absolute Gasteiger partial charge is 0.295 e. The lowest BCUT2D eigenvalue weighted by Crippen LogP contribution is -2.09. The summed E-state index contributed by atoms with van der Waals surface area (Å²) in [6.07, 6.45) is 1.19. The largest absolute Gasteiger partial charge is 0.308 e. The van der Waals surface area contributed by atoms with Gasteiger partial charge in [-0.3, -0.25) is 10.1 Å². The van der Waals surface area contributed by atoms with E-state index in [9.17, 15) is 10.1 Å². The summed E-state index contributed by atoms with van der Waals surface area (Å²) in [6, 6.07) is 6.89. The van der Waals surface area contributed by atoms with Gasteiger partial charge in [-0.2, -0.15) is 0 Å². The fourth-order valence-electron chi connectivity index (χ4n) is 1.44. The summed E-state index contributed by atoms with van der Waals surface area (Å²) in [4.78, 5) is 14.1. The van der Waals surface area contributed by atoms with Gasteiger partial charge in [-0.05, 0) is 6.07 Å². The summed E-state index contributed by atoms with van der Waals surface area (Å²) in [6.45, 7) is 0. The van der Waals surface area contributed by atoms with E-state index >= 15 is 0 Å². The van der Waals surface area contributed by atoms with E-state index < -0.39 is 4.92 Å². The highest BCUT2D eigenvalue weighted by Gasteiger charge is 2.14. The highest BCUT2D eigenvalue weighted by atomic mass is 16.6. The third-order valence-electron chi connectivity index (χ3n) is 2.11. The number of nitrogens with two attached hydrogens (primary N) is 1. The average molecular weight is 204 g/mol. The van der Waals surface area contributed by atoms with Crippen LogP contribution < -0.4 is 11.3 Å². The summed E-state index contributed by atoms with van der Waals surface area (Å²) in [5.74, 6) is 5.69. The predicted molar refractivity (Wildman–Crippen MR) is 56.2 cm³/mol. The van der Waals surface area contributed by atoms with E-state index in [1.807, 2.05) is 0 Å². The van der Waals surface area contributed by atoms with Crippen molar-refractivity contribution in [3.8, 4) is 0 Å². The van der Waals surface area contributed by atoms with E-state index in [0.29, 0.717) is 16.6 Å². The van der Waals surface area contributed by atoms with Crippen LogP contribution in [0, 0.1) is 10.1 Å². The summed E-state index contributed by atoms with van der Waals surface area (Å²) >= 11 is 0. The van der Waals surface area contributed by atoms with Gasteiger partial charge in [0.05, 0.1) is 10.3 Å². The number of benzene rings is 1. The molecule has 1 aromatic heterocycles. The number of hydrazine groups is 1. The molecule has 1 heterocycles. The summed E-state index contributed by atoms with van der Waals surface area (Å²) < 4.78 is 0. The molecule has 6 heteroatoms. The van der Waals surface area contributed by atoms with E-state index in [1.54, 1.807) is 24.3 Å². The van der Waals surface area contributed by atoms with Crippen molar-refractivity contribution in [2.24, 2.45) is 5.84 Å².